The minimum atomic E-state index is -1.08. The van der Waals surface area contributed by atoms with Gasteiger partial charge in [-0.3, -0.25) is 4.98 Å². The largest absolute Gasteiger partial charge is 0.494 e. The van der Waals surface area contributed by atoms with Gasteiger partial charge in [-0.15, -0.1) is 0 Å². The van der Waals surface area contributed by atoms with Crippen molar-refractivity contribution in [3.05, 3.63) is 30.0 Å². The molecule has 2 heterocycles. The number of aromatic carboxylic acids is 1. The number of carboxylic acid groups (broad SMARTS) is 1. The highest BCUT2D eigenvalue weighted by Gasteiger charge is 2.17. The van der Waals surface area contributed by atoms with Crippen LogP contribution in [0, 0.1) is 0 Å². The summed E-state index contributed by atoms with van der Waals surface area (Å²) in [6.45, 7) is 0. The first-order chi connectivity index (χ1) is 10.1. The number of carboxylic acids is 1. The highest BCUT2D eigenvalue weighted by molar-refractivity contribution is 5.88. The zero-order valence-corrected chi connectivity index (χ0v) is 11.8. The van der Waals surface area contributed by atoms with E-state index in [2.05, 4.69) is 9.97 Å². The number of hydrogen-bond acceptors (Lipinski definition) is 6. The normalized spacial score (nSPS) is 10.0. The second kappa shape index (κ2) is 6.08. The summed E-state index contributed by atoms with van der Waals surface area (Å²) in [7, 11) is 4.42. The van der Waals surface area contributed by atoms with Gasteiger partial charge in [-0.1, -0.05) is 0 Å². The topological polar surface area (TPSA) is 90.8 Å². The van der Waals surface area contributed by atoms with E-state index in [-0.39, 0.29) is 5.56 Å². The Morgan fingerprint density at radius 3 is 2.48 bits per heavy atom. The third-order valence-corrected chi connectivity index (χ3v) is 2.81. The third kappa shape index (κ3) is 2.86. The number of hydrogen-bond donors (Lipinski definition) is 1. The molecule has 0 aliphatic rings. The van der Waals surface area contributed by atoms with Gasteiger partial charge in [-0.05, 0) is 12.1 Å². The molecular weight excluding hydrogens is 276 g/mol. The maximum absolute atomic E-state index is 11.0. The zero-order chi connectivity index (χ0) is 15.4. The van der Waals surface area contributed by atoms with Crippen LogP contribution in [0.4, 0.5) is 0 Å². The van der Waals surface area contributed by atoms with Gasteiger partial charge in [-0.2, -0.15) is 4.98 Å². The third-order valence-electron chi connectivity index (χ3n) is 2.81. The average molecular weight is 290 g/mol. The maximum atomic E-state index is 11.0. The number of rotatable bonds is 5. The van der Waals surface area contributed by atoms with E-state index in [1.807, 2.05) is 0 Å². The molecule has 2 aromatic heterocycles. The predicted molar refractivity (Wildman–Crippen MR) is 74.1 cm³/mol. The number of nitrogens with zero attached hydrogens (tertiary/aromatic N) is 2. The van der Waals surface area contributed by atoms with Gasteiger partial charge in [0.2, 0.25) is 11.8 Å². The van der Waals surface area contributed by atoms with Crippen molar-refractivity contribution in [2.24, 2.45) is 0 Å². The maximum Gasteiger partial charge on any atom is 0.337 e. The molecule has 0 unspecified atom stereocenters. The second-order valence-corrected chi connectivity index (χ2v) is 3.99. The highest BCUT2D eigenvalue weighted by Crippen LogP contribution is 2.35. The van der Waals surface area contributed by atoms with Crippen LogP contribution in [-0.2, 0) is 0 Å². The molecule has 0 radical (unpaired) electrons. The van der Waals surface area contributed by atoms with E-state index in [9.17, 15) is 4.79 Å². The second-order valence-electron chi connectivity index (χ2n) is 3.99. The molecule has 0 fully saturated rings. The molecule has 0 saturated heterocycles. The van der Waals surface area contributed by atoms with Crippen LogP contribution in [0.25, 0.3) is 11.3 Å². The standard InChI is InChI=1S/C14H14N2O5/c1-19-10-6-8(14(17)18)7-15-12(10)9-4-5-11(20-2)16-13(9)21-3/h4-7H,1-3H3,(H,17,18). The molecule has 1 N–H and O–H groups in total. The Balaban J connectivity index is 2.58. The molecule has 0 spiro atoms. The summed E-state index contributed by atoms with van der Waals surface area (Å²) in [5.41, 5.74) is 1.05. The SMILES string of the molecule is COc1ccc(-c2ncc(C(=O)O)cc2OC)c(OC)n1. The Morgan fingerprint density at radius 2 is 1.90 bits per heavy atom. The lowest BCUT2D eigenvalue weighted by molar-refractivity contribution is 0.0696. The Labute approximate surface area is 121 Å². The molecular formula is C14H14N2O5. The molecule has 21 heavy (non-hydrogen) atoms. The van der Waals surface area contributed by atoms with E-state index in [1.165, 1.54) is 33.6 Å². The van der Waals surface area contributed by atoms with Crippen LogP contribution in [0.2, 0.25) is 0 Å². The summed E-state index contributed by atoms with van der Waals surface area (Å²) in [5, 5.41) is 8.99. The van der Waals surface area contributed by atoms with Crippen molar-refractivity contribution in [2.45, 2.75) is 0 Å². The summed E-state index contributed by atoms with van der Waals surface area (Å²) < 4.78 is 15.5. The lowest BCUT2D eigenvalue weighted by Gasteiger charge is -2.12. The van der Waals surface area contributed by atoms with Crippen LogP contribution < -0.4 is 14.2 Å². The van der Waals surface area contributed by atoms with E-state index < -0.39 is 5.97 Å². The van der Waals surface area contributed by atoms with Crippen LogP contribution >= 0.6 is 0 Å². The molecule has 0 bridgehead atoms. The van der Waals surface area contributed by atoms with E-state index in [0.29, 0.717) is 28.8 Å². The summed E-state index contributed by atoms with van der Waals surface area (Å²) >= 11 is 0. The van der Waals surface area contributed by atoms with E-state index in [0.717, 1.165) is 0 Å². The molecule has 0 aliphatic heterocycles. The lowest BCUT2D eigenvalue weighted by atomic mass is 10.1. The van der Waals surface area contributed by atoms with Gasteiger partial charge in [-0.25, -0.2) is 4.79 Å². The van der Waals surface area contributed by atoms with E-state index >= 15 is 0 Å². The minimum Gasteiger partial charge on any atom is -0.494 e. The molecule has 110 valence electrons. The first-order valence-corrected chi connectivity index (χ1v) is 5.97. The molecule has 2 rings (SSSR count). The molecule has 0 amide bonds. The van der Waals surface area contributed by atoms with Crippen molar-refractivity contribution in [2.75, 3.05) is 21.3 Å². The van der Waals surface area contributed by atoms with Crippen molar-refractivity contribution in [1.82, 2.24) is 9.97 Å². The van der Waals surface area contributed by atoms with Gasteiger partial charge in [0.15, 0.2) is 0 Å². The van der Waals surface area contributed by atoms with Crippen molar-refractivity contribution < 1.29 is 24.1 Å². The summed E-state index contributed by atoms with van der Waals surface area (Å²) in [6, 6.07) is 4.77. The average Bonchev–Trinajstić information content (AvgIpc) is 2.53. The van der Waals surface area contributed by atoms with Crippen molar-refractivity contribution in [3.63, 3.8) is 0 Å². The van der Waals surface area contributed by atoms with Gasteiger partial charge in [0.25, 0.3) is 0 Å². The molecule has 7 heteroatoms. The summed E-state index contributed by atoms with van der Waals surface area (Å²) in [4.78, 5) is 19.3. The van der Waals surface area contributed by atoms with Crippen LogP contribution in [0.15, 0.2) is 24.4 Å². The zero-order valence-electron chi connectivity index (χ0n) is 11.8. The van der Waals surface area contributed by atoms with Gasteiger partial charge in [0, 0.05) is 12.3 Å². The smallest absolute Gasteiger partial charge is 0.337 e. The van der Waals surface area contributed by atoms with Crippen LogP contribution in [-0.4, -0.2) is 42.4 Å². The van der Waals surface area contributed by atoms with Crippen LogP contribution in [0.1, 0.15) is 10.4 Å². The summed E-state index contributed by atoms with van der Waals surface area (Å²) in [6.07, 6.45) is 1.25. The van der Waals surface area contributed by atoms with Crippen LogP contribution in [0.3, 0.4) is 0 Å². The molecule has 0 saturated carbocycles. The molecule has 0 aliphatic carbocycles. The lowest BCUT2D eigenvalue weighted by Crippen LogP contribution is -2.02. The fraction of sp³-hybridized carbons (Fsp3) is 0.214. The molecule has 0 aromatic carbocycles. The Kier molecular flexibility index (Phi) is 4.22. The molecule has 7 nitrogen and oxygen atoms in total. The Hall–Kier alpha value is -2.83. The number of pyridine rings is 2. The quantitative estimate of drug-likeness (QED) is 0.898. The molecule has 0 atom stereocenters. The van der Waals surface area contributed by atoms with Crippen molar-refractivity contribution in [1.29, 1.82) is 0 Å². The van der Waals surface area contributed by atoms with Gasteiger partial charge in [0.1, 0.15) is 11.4 Å². The number of carbonyl (C=O) groups is 1. The van der Waals surface area contributed by atoms with Gasteiger partial charge in [0.05, 0.1) is 32.5 Å². The van der Waals surface area contributed by atoms with E-state index in [1.54, 1.807) is 12.1 Å². The minimum absolute atomic E-state index is 0.0380. The number of methoxy groups -OCH3 is 3. The Morgan fingerprint density at radius 1 is 1.14 bits per heavy atom. The number of aromatic nitrogens is 2. The summed E-state index contributed by atoms with van der Waals surface area (Å²) in [5.74, 6) is -0.0488. The van der Waals surface area contributed by atoms with Crippen molar-refractivity contribution >= 4 is 5.97 Å². The van der Waals surface area contributed by atoms with E-state index in [4.69, 9.17) is 19.3 Å². The number of ether oxygens (including phenoxy) is 3. The Bertz CT molecular complexity index is 672. The highest BCUT2D eigenvalue weighted by atomic mass is 16.5. The monoisotopic (exact) mass is 290 g/mol. The first kappa shape index (κ1) is 14.6. The first-order valence-electron chi connectivity index (χ1n) is 5.97. The predicted octanol–water partition coefficient (Wildman–Crippen LogP) is 1.87. The van der Waals surface area contributed by atoms with Gasteiger partial charge < -0.3 is 19.3 Å². The van der Waals surface area contributed by atoms with Crippen LogP contribution in [0.5, 0.6) is 17.5 Å². The van der Waals surface area contributed by atoms with Crippen molar-refractivity contribution in [3.8, 4) is 28.8 Å². The van der Waals surface area contributed by atoms with Gasteiger partial charge >= 0.3 is 5.97 Å². The molecule has 2 aromatic rings. The fourth-order valence-electron chi connectivity index (χ4n) is 1.79. The fourth-order valence-corrected chi connectivity index (χ4v) is 1.79.